The summed E-state index contributed by atoms with van der Waals surface area (Å²) in [5.74, 6) is -0.318. The first-order valence-electron chi connectivity index (χ1n) is 4.24. The van der Waals surface area contributed by atoms with Gasteiger partial charge in [-0.2, -0.15) is 0 Å². The zero-order valence-electron chi connectivity index (χ0n) is 8.32. The minimum absolute atomic E-state index is 0.0402. The maximum absolute atomic E-state index is 11.2. The van der Waals surface area contributed by atoms with Crippen LogP contribution >= 0.6 is 12.2 Å². The summed E-state index contributed by atoms with van der Waals surface area (Å²) in [6.45, 7) is 4.42. The van der Waals surface area contributed by atoms with Crippen LogP contribution in [-0.4, -0.2) is 38.4 Å². The molecule has 3 N–H and O–H groups in total. The molecule has 0 spiro atoms. The van der Waals surface area contributed by atoms with E-state index in [9.17, 15) is 8.42 Å². The van der Waals surface area contributed by atoms with Crippen molar-refractivity contribution in [3.8, 4) is 0 Å². The maximum atomic E-state index is 11.2. The summed E-state index contributed by atoms with van der Waals surface area (Å²) in [6.07, 6.45) is -0.152. The van der Waals surface area contributed by atoms with Crippen LogP contribution in [0.3, 0.4) is 0 Å². The van der Waals surface area contributed by atoms with Crippen LogP contribution in [0.4, 0.5) is 0 Å². The highest BCUT2D eigenvalue weighted by molar-refractivity contribution is 7.92. The molecule has 0 amide bonds. The van der Waals surface area contributed by atoms with Gasteiger partial charge in [-0.3, -0.25) is 0 Å². The number of rotatable bonds is 7. The van der Waals surface area contributed by atoms with Crippen LogP contribution in [0.2, 0.25) is 0 Å². The van der Waals surface area contributed by atoms with Gasteiger partial charge in [-0.05, 0) is 13.8 Å². The van der Waals surface area contributed by atoms with Crippen molar-refractivity contribution in [2.75, 3.05) is 18.9 Å². The third kappa shape index (κ3) is 7.19. The first kappa shape index (κ1) is 13.8. The topological polar surface area (TPSA) is 81.4 Å². The van der Waals surface area contributed by atoms with E-state index < -0.39 is 10.0 Å². The fraction of sp³-hybridized carbons (Fsp3) is 0.857. The molecule has 0 saturated heterocycles. The number of sulfonamides is 1. The molecule has 5 nitrogen and oxygen atoms in total. The first-order valence-corrected chi connectivity index (χ1v) is 6.30. The number of thiocarbonyl (C=S) groups is 1. The minimum Gasteiger partial charge on any atom is -0.392 e. The van der Waals surface area contributed by atoms with E-state index >= 15 is 0 Å². The van der Waals surface area contributed by atoms with Gasteiger partial charge in [-0.15, -0.1) is 0 Å². The van der Waals surface area contributed by atoms with Crippen molar-refractivity contribution in [2.24, 2.45) is 5.73 Å². The SMILES string of the molecule is CCOC(C)CNS(=O)(=O)CC(N)=S. The Morgan fingerprint density at radius 2 is 2.21 bits per heavy atom. The predicted molar refractivity (Wildman–Crippen MR) is 59.7 cm³/mol. The Labute approximate surface area is 90.1 Å². The lowest BCUT2D eigenvalue weighted by Crippen LogP contribution is -2.37. The lowest BCUT2D eigenvalue weighted by atomic mass is 10.4. The summed E-state index contributed by atoms with van der Waals surface area (Å²) in [5.41, 5.74) is 5.12. The van der Waals surface area contributed by atoms with Gasteiger partial charge in [0.05, 0.1) is 11.1 Å². The van der Waals surface area contributed by atoms with Crippen molar-refractivity contribution in [3.63, 3.8) is 0 Å². The highest BCUT2D eigenvalue weighted by atomic mass is 32.2. The van der Waals surface area contributed by atoms with Crippen molar-refractivity contribution in [1.29, 1.82) is 0 Å². The quantitative estimate of drug-likeness (QED) is 0.593. The molecule has 0 saturated carbocycles. The molecule has 0 aliphatic rings. The molecule has 0 aliphatic heterocycles. The Hall–Kier alpha value is -0.240. The lowest BCUT2D eigenvalue weighted by molar-refractivity contribution is 0.0800. The monoisotopic (exact) mass is 240 g/mol. The molecule has 0 aromatic rings. The Morgan fingerprint density at radius 3 is 2.64 bits per heavy atom. The summed E-state index contributed by atoms with van der Waals surface area (Å²) in [6, 6.07) is 0. The molecule has 84 valence electrons. The third-order valence-corrected chi connectivity index (χ3v) is 3.00. The molecule has 0 radical (unpaired) electrons. The third-order valence-electron chi connectivity index (χ3n) is 1.37. The van der Waals surface area contributed by atoms with E-state index in [2.05, 4.69) is 16.9 Å². The van der Waals surface area contributed by atoms with Gasteiger partial charge in [0.1, 0.15) is 5.75 Å². The molecule has 14 heavy (non-hydrogen) atoms. The first-order chi connectivity index (χ1) is 6.37. The average Bonchev–Trinajstić information content (AvgIpc) is 1.99. The largest absolute Gasteiger partial charge is 0.392 e. The van der Waals surface area contributed by atoms with E-state index in [0.717, 1.165) is 0 Å². The Balaban J connectivity index is 3.93. The summed E-state index contributed by atoms with van der Waals surface area (Å²) >= 11 is 4.50. The van der Waals surface area contributed by atoms with Crippen LogP contribution in [0.25, 0.3) is 0 Å². The molecule has 1 atom stereocenters. The number of nitrogens with one attached hydrogen (secondary N) is 1. The molecule has 0 aromatic carbocycles. The van der Waals surface area contributed by atoms with Crippen LogP contribution in [0.15, 0.2) is 0 Å². The molecule has 0 bridgehead atoms. The molecule has 0 aliphatic carbocycles. The van der Waals surface area contributed by atoms with E-state index in [0.29, 0.717) is 6.61 Å². The van der Waals surface area contributed by atoms with Crippen LogP contribution in [0.5, 0.6) is 0 Å². The Morgan fingerprint density at radius 1 is 1.64 bits per heavy atom. The van der Waals surface area contributed by atoms with Gasteiger partial charge in [0.15, 0.2) is 0 Å². The van der Waals surface area contributed by atoms with E-state index in [1.807, 2.05) is 6.92 Å². The second-order valence-electron chi connectivity index (χ2n) is 2.84. The fourth-order valence-corrected chi connectivity index (χ4v) is 2.26. The molecule has 0 heterocycles. The van der Waals surface area contributed by atoms with Gasteiger partial charge < -0.3 is 10.5 Å². The fourth-order valence-electron chi connectivity index (χ4n) is 0.826. The van der Waals surface area contributed by atoms with Gasteiger partial charge >= 0.3 is 0 Å². The summed E-state index contributed by atoms with van der Waals surface area (Å²) < 4.78 is 29.9. The van der Waals surface area contributed by atoms with Crippen molar-refractivity contribution in [2.45, 2.75) is 20.0 Å². The maximum Gasteiger partial charge on any atom is 0.218 e. The number of nitrogens with two attached hydrogens (primary N) is 1. The molecule has 0 fully saturated rings. The molecule has 0 aromatic heterocycles. The second kappa shape index (κ2) is 6.28. The predicted octanol–water partition coefficient (Wildman–Crippen LogP) is -0.383. The van der Waals surface area contributed by atoms with Crippen molar-refractivity contribution in [1.82, 2.24) is 4.72 Å². The molecular formula is C7H16N2O3S2. The van der Waals surface area contributed by atoms with Gasteiger partial charge in [0, 0.05) is 13.2 Å². The molecule has 1 unspecified atom stereocenters. The van der Waals surface area contributed by atoms with Gasteiger partial charge in [-0.25, -0.2) is 13.1 Å². The highest BCUT2D eigenvalue weighted by Gasteiger charge is 2.12. The number of hydrogen-bond acceptors (Lipinski definition) is 4. The van der Waals surface area contributed by atoms with E-state index in [4.69, 9.17) is 10.5 Å². The van der Waals surface area contributed by atoms with Crippen LogP contribution in [0, 0.1) is 0 Å². The summed E-state index contributed by atoms with van der Waals surface area (Å²) in [5, 5.41) is 0. The Bertz CT molecular complexity index is 277. The number of ether oxygens (including phenoxy) is 1. The zero-order chi connectivity index (χ0) is 11.2. The van der Waals surface area contributed by atoms with E-state index in [-0.39, 0.29) is 23.4 Å². The lowest BCUT2D eigenvalue weighted by Gasteiger charge is -2.12. The molecule has 0 rings (SSSR count). The zero-order valence-corrected chi connectivity index (χ0v) is 9.95. The van der Waals surface area contributed by atoms with Crippen molar-refractivity contribution in [3.05, 3.63) is 0 Å². The van der Waals surface area contributed by atoms with Crippen LogP contribution in [0.1, 0.15) is 13.8 Å². The van der Waals surface area contributed by atoms with Crippen LogP contribution < -0.4 is 10.5 Å². The van der Waals surface area contributed by atoms with Gasteiger partial charge in [0.25, 0.3) is 0 Å². The van der Waals surface area contributed by atoms with Crippen molar-refractivity contribution >= 4 is 27.2 Å². The van der Waals surface area contributed by atoms with Gasteiger partial charge in [0.2, 0.25) is 10.0 Å². The van der Waals surface area contributed by atoms with E-state index in [1.165, 1.54) is 0 Å². The average molecular weight is 240 g/mol. The van der Waals surface area contributed by atoms with Crippen LogP contribution in [-0.2, 0) is 14.8 Å². The summed E-state index contributed by atoms with van der Waals surface area (Å²) in [4.78, 5) is -0.0402. The normalized spacial score (nSPS) is 13.9. The summed E-state index contributed by atoms with van der Waals surface area (Å²) in [7, 11) is -3.39. The smallest absolute Gasteiger partial charge is 0.218 e. The van der Waals surface area contributed by atoms with Crippen molar-refractivity contribution < 1.29 is 13.2 Å². The van der Waals surface area contributed by atoms with E-state index in [1.54, 1.807) is 6.92 Å². The standard InChI is InChI=1S/C7H16N2O3S2/c1-3-12-6(2)4-9-14(10,11)5-7(8)13/h6,9H,3-5H2,1-2H3,(H2,8,13). The molecular weight excluding hydrogens is 224 g/mol. The second-order valence-corrected chi connectivity index (χ2v) is 5.17. The molecule has 7 heteroatoms. The van der Waals surface area contributed by atoms with Gasteiger partial charge in [-0.1, -0.05) is 12.2 Å². The highest BCUT2D eigenvalue weighted by Crippen LogP contribution is 1.91. The minimum atomic E-state index is -3.39. The Kier molecular flexibility index (Phi) is 6.17. The number of hydrogen-bond donors (Lipinski definition) is 2.